The first-order valence-electron chi connectivity index (χ1n) is 7.75. The lowest BCUT2D eigenvalue weighted by atomic mass is 10.0. The average molecular weight is 277 g/mol. The van der Waals surface area contributed by atoms with Gasteiger partial charge in [0.15, 0.2) is 11.9 Å². The van der Waals surface area contributed by atoms with Crippen molar-refractivity contribution in [1.29, 1.82) is 0 Å². The number of pyridine rings is 1. The van der Waals surface area contributed by atoms with Crippen molar-refractivity contribution in [2.75, 3.05) is 0 Å². The van der Waals surface area contributed by atoms with E-state index in [1.54, 1.807) is 0 Å². The van der Waals surface area contributed by atoms with E-state index in [4.69, 9.17) is 0 Å². The highest BCUT2D eigenvalue weighted by molar-refractivity contribution is 5.63. The fourth-order valence-electron chi connectivity index (χ4n) is 2.48. The molecule has 0 fully saturated rings. The molecule has 1 aromatic rings. The molecule has 20 heavy (non-hydrogen) atoms. The average Bonchev–Trinajstić information content (AvgIpc) is 2.41. The Balaban J connectivity index is 2.02. The van der Waals surface area contributed by atoms with Crippen LogP contribution in [0.15, 0.2) is 18.3 Å². The topological polar surface area (TPSA) is 44.0 Å². The van der Waals surface area contributed by atoms with Gasteiger partial charge in [-0.05, 0) is 31.7 Å². The molecule has 0 unspecified atom stereocenters. The molecule has 0 amide bonds. The summed E-state index contributed by atoms with van der Waals surface area (Å²) in [4.78, 5) is 10.2. The van der Waals surface area contributed by atoms with Crippen LogP contribution in [0.3, 0.4) is 0 Å². The van der Waals surface area contributed by atoms with Crippen LogP contribution >= 0.6 is 0 Å². The van der Waals surface area contributed by atoms with Crippen molar-refractivity contribution in [2.45, 2.75) is 64.7 Å². The third kappa shape index (κ3) is 6.69. The molecular formula is C17H27NO2. The molecular weight excluding hydrogens is 250 g/mol. The van der Waals surface area contributed by atoms with E-state index in [0.29, 0.717) is 0 Å². The Bertz CT molecular complexity index is 415. The Morgan fingerprint density at radius 1 is 1.10 bits per heavy atom. The maximum Gasteiger partial charge on any atom is 0.181 e. The van der Waals surface area contributed by atoms with Gasteiger partial charge in [0.05, 0.1) is 0 Å². The Labute approximate surface area is 122 Å². The van der Waals surface area contributed by atoms with Crippen LogP contribution in [-0.4, -0.2) is 5.97 Å². The number of nitrogens with zero attached hydrogens (tertiary/aromatic N) is 1. The molecule has 3 heteroatoms. The van der Waals surface area contributed by atoms with Gasteiger partial charge in [-0.3, -0.25) is 0 Å². The Hall–Kier alpha value is -1.38. The number of carboxylic acid groups (broad SMARTS) is 1. The second kappa shape index (κ2) is 9.51. The SMILES string of the molecule is Cc1c(CCCCCCCCCC(=O)[O-])ccc[n+]1C. The predicted molar refractivity (Wildman–Crippen MR) is 78.0 cm³/mol. The van der Waals surface area contributed by atoms with Gasteiger partial charge < -0.3 is 9.90 Å². The lowest BCUT2D eigenvalue weighted by molar-refractivity contribution is -0.678. The van der Waals surface area contributed by atoms with E-state index >= 15 is 0 Å². The van der Waals surface area contributed by atoms with Crippen molar-refractivity contribution in [2.24, 2.45) is 7.05 Å². The van der Waals surface area contributed by atoms with Gasteiger partial charge in [-0.25, -0.2) is 4.57 Å². The van der Waals surface area contributed by atoms with Crippen molar-refractivity contribution in [3.63, 3.8) is 0 Å². The van der Waals surface area contributed by atoms with E-state index in [-0.39, 0.29) is 6.42 Å². The van der Waals surface area contributed by atoms with Crippen LogP contribution < -0.4 is 9.67 Å². The summed E-state index contributed by atoms with van der Waals surface area (Å²) in [5.74, 6) is -0.920. The van der Waals surface area contributed by atoms with E-state index in [9.17, 15) is 9.90 Å². The fourth-order valence-corrected chi connectivity index (χ4v) is 2.48. The van der Waals surface area contributed by atoms with Gasteiger partial charge in [0.1, 0.15) is 7.05 Å². The third-order valence-corrected chi connectivity index (χ3v) is 3.93. The van der Waals surface area contributed by atoms with Gasteiger partial charge in [0, 0.05) is 24.5 Å². The number of hydrogen-bond donors (Lipinski definition) is 0. The highest BCUT2D eigenvalue weighted by Crippen LogP contribution is 2.12. The molecule has 0 saturated heterocycles. The quantitative estimate of drug-likeness (QED) is 0.486. The summed E-state index contributed by atoms with van der Waals surface area (Å²) < 4.78 is 2.17. The maximum absolute atomic E-state index is 10.2. The Morgan fingerprint density at radius 2 is 1.70 bits per heavy atom. The van der Waals surface area contributed by atoms with Crippen LogP contribution in [-0.2, 0) is 18.3 Å². The summed E-state index contributed by atoms with van der Waals surface area (Å²) in [7, 11) is 2.09. The number of rotatable bonds is 10. The zero-order chi connectivity index (χ0) is 14.8. The van der Waals surface area contributed by atoms with Gasteiger partial charge in [-0.2, -0.15) is 0 Å². The van der Waals surface area contributed by atoms with Crippen LogP contribution in [0.5, 0.6) is 0 Å². The highest BCUT2D eigenvalue weighted by atomic mass is 16.4. The second-order valence-corrected chi connectivity index (χ2v) is 5.58. The van der Waals surface area contributed by atoms with Gasteiger partial charge in [-0.1, -0.05) is 32.1 Å². The van der Waals surface area contributed by atoms with E-state index < -0.39 is 5.97 Å². The van der Waals surface area contributed by atoms with E-state index in [0.717, 1.165) is 25.7 Å². The van der Waals surface area contributed by atoms with Crippen LogP contribution in [0, 0.1) is 6.92 Å². The summed E-state index contributed by atoms with van der Waals surface area (Å²) in [5.41, 5.74) is 2.80. The van der Waals surface area contributed by atoms with Crippen molar-refractivity contribution in [3.8, 4) is 0 Å². The summed E-state index contributed by atoms with van der Waals surface area (Å²) >= 11 is 0. The normalized spacial score (nSPS) is 10.7. The van der Waals surface area contributed by atoms with Gasteiger partial charge in [0.2, 0.25) is 0 Å². The predicted octanol–water partition coefficient (Wildman–Crippen LogP) is 2.23. The summed E-state index contributed by atoms with van der Waals surface area (Å²) in [6.07, 6.45) is 11.4. The van der Waals surface area contributed by atoms with Crippen LogP contribution in [0.25, 0.3) is 0 Å². The molecule has 1 rings (SSSR count). The number of carboxylic acids is 1. The minimum atomic E-state index is -0.920. The summed E-state index contributed by atoms with van der Waals surface area (Å²) in [6, 6.07) is 4.33. The molecule has 0 N–H and O–H groups in total. The zero-order valence-corrected chi connectivity index (χ0v) is 12.9. The molecule has 0 bridgehead atoms. The fraction of sp³-hybridized carbons (Fsp3) is 0.647. The van der Waals surface area contributed by atoms with Crippen molar-refractivity contribution < 1.29 is 14.5 Å². The largest absolute Gasteiger partial charge is 0.550 e. The smallest absolute Gasteiger partial charge is 0.181 e. The first-order valence-corrected chi connectivity index (χ1v) is 7.75. The molecule has 0 atom stereocenters. The number of unbranched alkanes of at least 4 members (excludes halogenated alkanes) is 6. The van der Waals surface area contributed by atoms with Crippen LogP contribution in [0.2, 0.25) is 0 Å². The van der Waals surface area contributed by atoms with Crippen molar-refractivity contribution in [1.82, 2.24) is 0 Å². The summed E-state index contributed by atoms with van der Waals surface area (Å²) in [5, 5.41) is 10.2. The molecule has 1 heterocycles. The Kier molecular flexibility index (Phi) is 7.93. The molecule has 0 aliphatic carbocycles. The lowest BCUT2D eigenvalue weighted by Gasteiger charge is -2.04. The zero-order valence-electron chi connectivity index (χ0n) is 12.9. The third-order valence-electron chi connectivity index (χ3n) is 3.93. The van der Waals surface area contributed by atoms with Gasteiger partial charge >= 0.3 is 0 Å². The standard InChI is InChI=1S/C17H27NO2/c1-15-16(12-10-14-18(15)2)11-8-6-4-3-5-7-9-13-17(19)20/h10,12,14H,3-9,11,13H2,1-2H3. The van der Waals surface area contributed by atoms with E-state index in [1.165, 1.54) is 36.9 Å². The number of aliphatic carboxylic acids is 1. The summed E-state index contributed by atoms with van der Waals surface area (Å²) in [6.45, 7) is 2.17. The molecule has 0 aliphatic heterocycles. The number of aromatic nitrogens is 1. The first kappa shape index (κ1) is 16.7. The number of carbonyl (C=O) groups is 1. The highest BCUT2D eigenvalue weighted by Gasteiger charge is 2.06. The van der Waals surface area contributed by atoms with E-state index in [2.05, 4.69) is 36.9 Å². The molecule has 3 nitrogen and oxygen atoms in total. The molecule has 1 aromatic heterocycles. The molecule has 112 valence electrons. The number of hydrogen-bond acceptors (Lipinski definition) is 2. The number of aryl methyl sites for hydroxylation is 2. The maximum atomic E-state index is 10.2. The van der Waals surface area contributed by atoms with Gasteiger partial charge in [-0.15, -0.1) is 0 Å². The van der Waals surface area contributed by atoms with Crippen molar-refractivity contribution >= 4 is 5.97 Å². The lowest BCUT2D eigenvalue weighted by Crippen LogP contribution is -2.32. The molecule has 0 spiro atoms. The molecule has 0 aromatic carbocycles. The van der Waals surface area contributed by atoms with Crippen LogP contribution in [0.1, 0.15) is 62.6 Å². The minimum Gasteiger partial charge on any atom is -0.550 e. The van der Waals surface area contributed by atoms with E-state index in [1.807, 2.05) is 0 Å². The minimum absolute atomic E-state index is 0.213. The Morgan fingerprint density at radius 3 is 2.35 bits per heavy atom. The molecule has 0 aliphatic rings. The molecule has 0 radical (unpaired) electrons. The monoisotopic (exact) mass is 277 g/mol. The first-order chi connectivity index (χ1) is 9.61. The van der Waals surface area contributed by atoms with Crippen LogP contribution in [0.4, 0.5) is 0 Å². The van der Waals surface area contributed by atoms with Crippen molar-refractivity contribution in [3.05, 3.63) is 29.6 Å². The second-order valence-electron chi connectivity index (χ2n) is 5.58. The van der Waals surface area contributed by atoms with Gasteiger partial charge in [0.25, 0.3) is 0 Å². The molecule has 0 saturated carbocycles. The number of carbonyl (C=O) groups excluding carboxylic acids is 1.